The van der Waals surface area contributed by atoms with Crippen LogP contribution in [0.2, 0.25) is 0 Å². The van der Waals surface area contributed by atoms with Crippen molar-refractivity contribution in [2.24, 2.45) is 11.1 Å². The van der Waals surface area contributed by atoms with Gasteiger partial charge >= 0.3 is 11.8 Å². The fourth-order valence-corrected chi connectivity index (χ4v) is 3.32. The Morgan fingerprint density at radius 1 is 1.23 bits per heavy atom. The maximum Gasteiger partial charge on any atom is 0.309 e. The Balaban J connectivity index is 1.42. The van der Waals surface area contributed by atoms with E-state index in [4.69, 9.17) is 10.5 Å². The first kappa shape index (κ1) is 14.9. The number of nitrogens with one attached hydrogen (secondary N) is 2. The number of carbonyl (C=O) groups is 2. The minimum Gasteiger partial charge on any atom is -0.373 e. The molecule has 1 aliphatic carbocycles. The number of hydrogen-bond donors (Lipinski definition) is 3. The van der Waals surface area contributed by atoms with Gasteiger partial charge in [-0.05, 0) is 30.5 Å². The lowest BCUT2D eigenvalue weighted by molar-refractivity contribution is -0.139. The van der Waals surface area contributed by atoms with Gasteiger partial charge in [0.15, 0.2) is 0 Å². The molecule has 3 aliphatic rings. The van der Waals surface area contributed by atoms with Crippen molar-refractivity contribution in [3.05, 3.63) is 30.1 Å². The summed E-state index contributed by atoms with van der Waals surface area (Å²) >= 11 is 0. The van der Waals surface area contributed by atoms with Crippen molar-refractivity contribution in [3.63, 3.8) is 0 Å². The van der Waals surface area contributed by atoms with Crippen molar-refractivity contribution in [1.29, 1.82) is 0 Å². The lowest BCUT2D eigenvalue weighted by Crippen LogP contribution is -2.54. The molecule has 4 N–H and O–H groups in total. The number of nitrogens with two attached hydrogens (primary N) is 1. The van der Waals surface area contributed by atoms with E-state index in [1.807, 2.05) is 0 Å². The molecule has 3 heterocycles. The van der Waals surface area contributed by atoms with E-state index in [0.29, 0.717) is 26.2 Å². The van der Waals surface area contributed by atoms with Crippen LogP contribution in [0.5, 0.6) is 0 Å². The number of ether oxygens (including phenoxy) is 1. The molecule has 2 bridgehead atoms. The van der Waals surface area contributed by atoms with Crippen LogP contribution in [0.3, 0.4) is 0 Å². The van der Waals surface area contributed by atoms with Gasteiger partial charge in [0, 0.05) is 37.4 Å². The topological polar surface area (TPSA) is 106 Å². The second kappa shape index (κ2) is 5.66. The number of rotatable bonds is 5. The van der Waals surface area contributed by atoms with Crippen molar-refractivity contribution in [3.8, 4) is 0 Å². The number of pyridine rings is 1. The van der Waals surface area contributed by atoms with E-state index in [0.717, 1.165) is 18.4 Å². The summed E-state index contributed by atoms with van der Waals surface area (Å²) in [6.45, 7) is 1.87. The van der Waals surface area contributed by atoms with E-state index >= 15 is 0 Å². The average Bonchev–Trinajstić information content (AvgIpc) is 3.07. The van der Waals surface area contributed by atoms with Gasteiger partial charge in [-0.2, -0.15) is 0 Å². The van der Waals surface area contributed by atoms with E-state index < -0.39 is 11.8 Å². The fraction of sp³-hybridized carbons (Fsp3) is 0.533. The van der Waals surface area contributed by atoms with E-state index in [1.54, 1.807) is 24.5 Å². The van der Waals surface area contributed by atoms with Gasteiger partial charge in [-0.3, -0.25) is 14.6 Å². The van der Waals surface area contributed by atoms with Crippen LogP contribution in [-0.4, -0.2) is 42.1 Å². The first-order valence-corrected chi connectivity index (χ1v) is 7.36. The highest BCUT2D eigenvalue weighted by atomic mass is 16.5. The van der Waals surface area contributed by atoms with Crippen LogP contribution in [0.25, 0.3) is 0 Å². The highest BCUT2D eigenvalue weighted by Gasteiger charge is 2.61. The van der Waals surface area contributed by atoms with E-state index in [1.165, 1.54) is 0 Å². The third-order valence-electron chi connectivity index (χ3n) is 4.48. The van der Waals surface area contributed by atoms with Gasteiger partial charge in [-0.15, -0.1) is 0 Å². The minimum absolute atomic E-state index is 0.0413. The first-order valence-electron chi connectivity index (χ1n) is 7.36. The van der Waals surface area contributed by atoms with E-state index in [2.05, 4.69) is 15.6 Å². The van der Waals surface area contributed by atoms with Crippen LogP contribution in [-0.2, 0) is 20.9 Å². The van der Waals surface area contributed by atoms with Gasteiger partial charge in [-0.1, -0.05) is 0 Å². The molecule has 22 heavy (non-hydrogen) atoms. The number of amides is 2. The molecule has 0 atom stereocenters. The summed E-state index contributed by atoms with van der Waals surface area (Å²) < 4.78 is 5.68. The lowest BCUT2D eigenvalue weighted by atomic mass is 9.62. The molecule has 0 unspecified atom stereocenters. The molecule has 2 amide bonds. The summed E-state index contributed by atoms with van der Waals surface area (Å²) in [6.07, 6.45) is 4.99. The first-order chi connectivity index (χ1) is 10.6. The van der Waals surface area contributed by atoms with Crippen LogP contribution in [0.15, 0.2) is 24.5 Å². The SMILES string of the molecule is NCC12CC(CNC(=O)C(=O)NCc3ccncc3)(CO1)C2. The number of nitrogens with zero attached hydrogens (tertiary/aromatic N) is 1. The highest BCUT2D eigenvalue weighted by molar-refractivity contribution is 6.35. The molecule has 1 aromatic heterocycles. The average molecular weight is 304 g/mol. The third-order valence-corrected chi connectivity index (χ3v) is 4.48. The third kappa shape index (κ3) is 2.82. The summed E-state index contributed by atoms with van der Waals surface area (Å²) in [5, 5.41) is 5.28. The molecular formula is C15H20N4O3. The molecule has 1 aromatic rings. The van der Waals surface area contributed by atoms with Gasteiger partial charge in [0.05, 0.1) is 12.2 Å². The van der Waals surface area contributed by atoms with Crippen LogP contribution in [0.1, 0.15) is 18.4 Å². The standard InChI is InChI=1S/C15H20N4O3/c16-8-15-6-14(7-15,10-22-15)9-19-13(21)12(20)18-5-11-1-3-17-4-2-11/h1-4H,5-10,16H2,(H,18,20)(H,19,21). The normalized spacial score (nSPS) is 28.8. The molecule has 0 radical (unpaired) electrons. The monoisotopic (exact) mass is 304 g/mol. The van der Waals surface area contributed by atoms with Crippen molar-refractivity contribution in [2.45, 2.75) is 25.0 Å². The van der Waals surface area contributed by atoms with Crippen molar-refractivity contribution >= 4 is 11.8 Å². The fourth-order valence-electron chi connectivity index (χ4n) is 3.32. The molecule has 7 nitrogen and oxygen atoms in total. The Kier molecular flexibility index (Phi) is 3.84. The van der Waals surface area contributed by atoms with Gasteiger partial charge < -0.3 is 21.1 Å². The number of carbonyl (C=O) groups excluding carboxylic acids is 2. The van der Waals surface area contributed by atoms with Gasteiger partial charge in [-0.25, -0.2) is 0 Å². The summed E-state index contributed by atoms with van der Waals surface area (Å²) in [4.78, 5) is 27.5. The maximum absolute atomic E-state index is 11.8. The Bertz CT molecular complexity index is 569. The molecule has 1 saturated carbocycles. The van der Waals surface area contributed by atoms with E-state index in [9.17, 15) is 9.59 Å². The van der Waals surface area contributed by atoms with Gasteiger partial charge in [0.1, 0.15) is 0 Å². The largest absolute Gasteiger partial charge is 0.373 e. The van der Waals surface area contributed by atoms with Crippen molar-refractivity contribution < 1.29 is 14.3 Å². The summed E-state index contributed by atoms with van der Waals surface area (Å²) in [7, 11) is 0. The predicted octanol–water partition coefficient (Wildman–Crippen LogP) is -0.678. The number of fused-ring (bicyclic) bond motifs is 1. The summed E-state index contributed by atoms with van der Waals surface area (Å²) in [6, 6.07) is 3.57. The molecule has 7 heteroatoms. The van der Waals surface area contributed by atoms with Crippen molar-refractivity contribution in [1.82, 2.24) is 15.6 Å². The minimum atomic E-state index is -0.628. The maximum atomic E-state index is 11.8. The molecule has 0 aromatic carbocycles. The second-order valence-electron chi connectivity index (χ2n) is 6.25. The van der Waals surface area contributed by atoms with Crippen LogP contribution in [0.4, 0.5) is 0 Å². The second-order valence-corrected chi connectivity index (χ2v) is 6.25. The van der Waals surface area contributed by atoms with Crippen LogP contribution in [0, 0.1) is 5.41 Å². The summed E-state index contributed by atoms with van der Waals surface area (Å²) in [5.74, 6) is -1.24. The zero-order valence-electron chi connectivity index (χ0n) is 12.3. The van der Waals surface area contributed by atoms with Gasteiger partial charge in [0.25, 0.3) is 0 Å². The summed E-state index contributed by atoms with van der Waals surface area (Å²) in [5.41, 5.74) is 6.35. The molecule has 2 saturated heterocycles. The molecule has 0 spiro atoms. The van der Waals surface area contributed by atoms with Gasteiger partial charge in [0.2, 0.25) is 0 Å². The smallest absolute Gasteiger partial charge is 0.309 e. The zero-order chi connectivity index (χ0) is 15.6. The quantitative estimate of drug-likeness (QED) is 0.625. The Hall–Kier alpha value is -1.99. The molecular weight excluding hydrogens is 284 g/mol. The van der Waals surface area contributed by atoms with Crippen molar-refractivity contribution in [2.75, 3.05) is 19.7 Å². The Labute approximate surface area is 128 Å². The van der Waals surface area contributed by atoms with E-state index in [-0.39, 0.29) is 11.0 Å². The van der Waals surface area contributed by atoms with Crippen LogP contribution < -0.4 is 16.4 Å². The lowest BCUT2D eigenvalue weighted by Gasteiger charge is -2.43. The highest BCUT2D eigenvalue weighted by Crippen LogP contribution is 2.56. The molecule has 4 rings (SSSR count). The Morgan fingerprint density at radius 2 is 1.91 bits per heavy atom. The molecule has 118 valence electrons. The number of aromatic nitrogens is 1. The Morgan fingerprint density at radius 3 is 2.55 bits per heavy atom. The number of hydrogen-bond acceptors (Lipinski definition) is 5. The molecule has 2 aliphatic heterocycles. The molecule has 3 fully saturated rings. The van der Waals surface area contributed by atoms with Crippen LogP contribution >= 0.6 is 0 Å². The zero-order valence-corrected chi connectivity index (χ0v) is 12.3. The predicted molar refractivity (Wildman–Crippen MR) is 78.5 cm³/mol.